The highest BCUT2D eigenvalue weighted by Gasteiger charge is 2.34. The Morgan fingerprint density at radius 3 is 2.16 bits per heavy atom. The molecule has 0 radical (unpaired) electrons. The van der Waals surface area contributed by atoms with E-state index >= 15 is 0 Å². The monoisotopic (exact) mass is 494 g/mol. The van der Waals surface area contributed by atoms with Crippen LogP contribution in [0.25, 0.3) is 21.5 Å². The van der Waals surface area contributed by atoms with E-state index < -0.39 is 6.10 Å². The Morgan fingerprint density at radius 2 is 1.46 bits per heavy atom. The molecule has 6 heteroatoms. The molecule has 6 nitrogen and oxygen atoms in total. The number of imide groups is 1. The molecular formula is C31H30N2O4. The van der Waals surface area contributed by atoms with Crippen molar-refractivity contribution in [3.05, 3.63) is 90.0 Å². The van der Waals surface area contributed by atoms with Crippen molar-refractivity contribution >= 4 is 33.4 Å². The van der Waals surface area contributed by atoms with Crippen LogP contribution in [0.4, 0.5) is 0 Å². The summed E-state index contributed by atoms with van der Waals surface area (Å²) in [6.07, 6.45) is 1.16. The smallest absolute Gasteiger partial charge is 0.261 e. The van der Waals surface area contributed by atoms with Crippen LogP contribution in [-0.4, -0.2) is 65.6 Å². The summed E-state index contributed by atoms with van der Waals surface area (Å²) in [7, 11) is 0. The normalized spacial score (nSPS) is 17.5. The molecule has 0 bridgehead atoms. The van der Waals surface area contributed by atoms with Crippen LogP contribution in [0, 0.1) is 5.92 Å². The largest absolute Gasteiger partial charge is 0.491 e. The lowest BCUT2D eigenvalue weighted by Crippen LogP contribution is -2.46. The first kappa shape index (κ1) is 23.6. The molecule has 1 N–H and O–H groups in total. The quantitative estimate of drug-likeness (QED) is 0.376. The van der Waals surface area contributed by atoms with Crippen molar-refractivity contribution in [1.29, 1.82) is 0 Å². The third kappa shape index (κ3) is 4.70. The number of piperidine rings is 1. The minimum Gasteiger partial charge on any atom is -0.491 e. The number of β-amino-alcohol motifs (C(OH)–C–C–N with tert-alkyl or cyclic N) is 1. The van der Waals surface area contributed by atoms with Gasteiger partial charge in [-0.3, -0.25) is 14.5 Å². The maximum atomic E-state index is 13.2. The minimum atomic E-state index is -0.592. The molecule has 6 rings (SSSR count). The highest BCUT2D eigenvalue weighted by molar-refractivity contribution is 6.25. The van der Waals surface area contributed by atoms with Crippen molar-refractivity contribution in [2.75, 3.05) is 32.8 Å². The number of hydrogen-bond acceptors (Lipinski definition) is 5. The number of benzene rings is 4. The molecule has 1 fully saturated rings. The summed E-state index contributed by atoms with van der Waals surface area (Å²) in [5.74, 6) is 0.611. The van der Waals surface area contributed by atoms with Gasteiger partial charge in [-0.1, -0.05) is 54.6 Å². The maximum absolute atomic E-state index is 13.2. The predicted molar refractivity (Wildman–Crippen MR) is 144 cm³/mol. The molecule has 2 amide bonds. The fourth-order valence-electron chi connectivity index (χ4n) is 5.66. The third-order valence-corrected chi connectivity index (χ3v) is 7.64. The predicted octanol–water partition coefficient (Wildman–Crippen LogP) is 4.74. The van der Waals surface area contributed by atoms with Crippen molar-refractivity contribution in [2.24, 2.45) is 5.92 Å². The molecule has 4 aromatic carbocycles. The number of aliphatic hydroxyl groups excluding tert-OH is 1. The third-order valence-electron chi connectivity index (χ3n) is 7.64. The van der Waals surface area contributed by atoms with E-state index in [2.05, 4.69) is 11.0 Å². The van der Waals surface area contributed by atoms with Gasteiger partial charge in [-0.2, -0.15) is 0 Å². The van der Waals surface area contributed by atoms with Gasteiger partial charge < -0.3 is 14.7 Å². The second-order valence-electron chi connectivity index (χ2n) is 10.1. The van der Waals surface area contributed by atoms with Gasteiger partial charge in [0.1, 0.15) is 18.5 Å². The van der Waals surface area contributed by atoms with Gasteiger partial charge >= 0.3 is 0 Å². The number of rotatable bonds is 7. The number of likely N-dealkylation sites (tertiary alicyclic amines) is 1. The Hall–Kier alpha value is -3.74. The Kier molecular flexibility index (Phi) is 6.37. The van der Waals surface area contributed by atoms with Crippen LogP contribution in [0.1, 0.15) is 33.6 Å². The molecule has 0 aliphatic carbocycles. The van der Waals surface area contributed by atoms with Gasteiger partial charge in [0.2, 0.25) is 0 Å². The standard InChI is InChI=1S/C31H30N2O4/c34-25(20-37-26-12-11-22-5-1-2-6-24(22)17-26)19-32-15-13-21(14-16-32)18-33-30(35)27-9-3-7-23-8-4-10-28(29(23)27)31(33)36/h1-12,17,21,25,34H,13-16,18-20H2/t25-/m0/s1. The van der Waals surface area contributed by atoms with Crippen molar-refractivity contribution < 1.29 is 19.4 Å². The summed E-state index contributed by atoms with van der Waals surface area (Å²) in [6.45, 7) is 2.85. The average molecular weight is 495 g/mol. The zero-order valence-electron chi connectivity index (χ0n) is 20.7. The highest BCUT2D eigenvalue weighted by atomic mass is 16.5. The summed E-state index contributed by atoms with van der Waals surface area (Å²) < 4.78 is 5.86. The van der Waals surface area contributed by atoms with E-state index in [-0.39, 0.29) is 24.3 Å². The zero-order chi connectivity index (χ0) is 25.4. The van der Waals surface area contributed by atoms with Crippen LogP contribution < -0.4 is 4.74 Å². The van der Waals surface area contributed by atoms with Gasteiger partial charge in [-0.05, 0) is 72.3 Å². The Bertz CT molecular complexity index is 1420. The Labute approximate surface area is 216 Å². The fourth-order valence-corrected chi connectivity index (χ4v) is 5.66. The molecule has 188 valence electrons. The van der Waals surface area contributed by atoms with Crippen LogP contribution in [0.5, 0.6) is 5.75 Å². The number of carbonyl (C=O) groups is 2. The number of carbonyl (C=O) groups excluding carboxylic acids is 2. The highest BCUT2D eigenvalue weighted by Crippen LogP contribution is 2.31. The van der Waals surface area contributed by atoms with Crippen LogP contribution in [0.15, 0.2) is 78.9 Å². The average Bonchev–Trinajstić information content (AvgIpc) is 2.93. The minimum absolute atomic E-state index is 0.196. The van der Waals surface area contributed by atoms with Gasteiger partial charge in [0, 0.05) is 29.6 Å². The van der Waals surface area contributed by atoms with Crippen LogP contribution in [0.2, 0.25) is 0 Å². The Balaban J connectivity index is 1.01. The number of hydrogen-bond donors (Lipinski definition) is 1. The summed E-state index contributed by atoms with van der Waals surface area (Å²) in [5.41, 5.74) is 1.22. The van der Waals surface area contributed by atoms with Crippen LogP contribution in [-0.2, 0) is 0 Å². The van der Waals surface area contributed by atoms with Crippen molar-refractivity contribution in [1.82, 2.24) is 9.80 Å². The molecule has 0 spiro atoms. The van der Waals surface area contributed by atoms with Crippen LogP contribution in [0.3, 0.4) is 0 Å². The van der Waals surface area contributed by atoms with E-state index in [0.717, 1.165) is 53.2 Å². The molecule has 2 aliphatic heterocycles. The second kappa shape index (κ2) is 9.96. The first-order chi connectivity index (χ1) is 18.1. The molecule has 37 heavy (non-hydrogen) atoms. The SMILES string of the molecule is O=C1c2cccc3cccc(c23)C(=O)N1CC1CCN(C[C@H](O)COc2ccc3ccccc3c2)CC1. The summed E-state index contributed by atoms with van der Waals surface area (Å²) in [5, 5.41) is 14.5. The lowest BCUT2D eigenvalue weighted by Gasteiger charge is -2.36. The number of nitrogens with zero attached hydrogens (tertiary/aromatic N) is 2. The number of aliphatic hydroxyl groups is 1. The summed E-state index contributed by atoms with van der Waals surface area (Å²) in [6, 6.07) is 25.3. The van der Waals surface area contributed by atoms with Gasteiger partial charge in [0.05, 0.1) is 0 Å². The number of fused-ring (bicyclic) bond motifs is 1. The van der Waals surface area contributed by atoms with Gasteiger partial charge in [0.15, 0.2) is 0 Å². The van der Waals surface area contributed by atoms with E-state index in [4.69, 9.17) is 4.74 Å². The molecule has 1 saturated heterocycles. The first-order valence-electron chi connectivity index (χ1n) is 13.0. The molecule has 4 aromatic rings. The lowest BCUT2D eigenvalue weighted by atomic mass is 9.91. The molecule has 2 aliphatic rings. The van der Waals surface area contributed by atoms with Gasteiger partial charge in [0.25, 0.3) is 11.8 Å². The molecule has 0 saturated carbocycles. The summed E-state index contributed by atoms with van der Waals surface area (Å²) >= 11 is 0. The van der Waals surface area contributed by atoms with E-state index in [0.29, 0.717) is 24.2 Å². The Morgan fingerprint density at radius 1 is 0.811 bits per heavy atom. The first-order valence-corrected chi connectivity index (χ1v) is 13.0. The topological polar surface area (TPSA) is 70.1 Å². The zero-order valence-corrected chi connectivity index (χ0v) is 20.7. The van der Waals surface area contributed by atoms with E-state index in [1.807, 2.05) is 72.8 Å². The van der Waals surface area contributed by atoms with Gasteiger partial charge in [-0.15, -0.1) is 0 Å². The maximum Gasteiger partial charge on any atom is 0.261 e. The molecule has 1 atom stereocenters. The molecule has 2 heterocycles. The van der Waals surface area contributed by atoms with E-state index in [1.165, 1.54) is 4.90 Å². The van der Waals surface area contributed by atoms with Gasteiger partial charge in [-0.25, -0.2) is 0 Å². The van der Waals surface area contributed by atoms with E-state index in [1.54, 1.807) is 0 Å². The van der Waals surface area contributed by atoms with Crippen LogP contribution >= 0.6 is 0 Å². The summed E-state index contributed by atoms with van der Waals surface area (Å²) in [4.78, 5) is 30.1. The fraction of sp³-hybridized carbons (Fsp3) is 0.290. The second-order valence-corrected chi connectivity index (χ2v) is 10.1. The molecule has 0 aromatic heterocycles. The van der Waals surface area contributed by atoms with Crippen molar-refractivity contribution in [2.45, 2.75) is 18.9 Å². The number of ether oxygens (including phenoxy) is 1. The van der Waals surface area contributed by atoms with E-state index in [9.17, 15) is 14.7 Å². The van der Waals surface area contributed by atoms with Crippen molar-refractivity contribution in [3.63, 3.8) is 0 Å². The molecule has 0 unspecified atom stereocenters. The lowest BCUT2D eigenvalue weighted by molar-refractivity contribution is 0.0453. The van der Waals surface area contributed by atoms with Crippen molar-refractivity contribution in [3.8, 4) is 5.75 Å². The number of amides is 2. The molecular weight excluding hydrogens is 464 g/mol.